The average Bonchev–Trinajstić information content (AvgIpc) is 2.74. The molecular formula is C11H14N6O. The van der Waals surface area contributed by atoms with Gasteiger partial charge in [-0.1, -0.05) is 5.10 Å². The van der Waals surface area contributed by atoms with Crippen molar-refractivity contribution < 1.29 is 4.79 Å². The number of aryl methyl sites for hydroxylation is 2. The number of aromatic nitrogens is 4. The molecule has 7 nitrogen and oxygen atoms in total. The molecule has 0 saturated carbocycles. The van der Waals surface area contributed by atoms with Crippen molar-refractivity contribution in [2.75, 3.05) is 17.7 Å². The molecule has 2 N–H and O–H groups in total. The Kier molecular flexibility index (Phi) is 3.22. The third-order valence-corrected chi connectivity index (χ3v) is 2.49. The summed E-state index contributed by atoms with van der Waals surface area (Å²) in [5.74, 6) is -0.0633. The molecule has 0 bridgehead atoms. The van der Waals surface area contributed by atoms with Crippen LogP contribution in [0.15, 0.2) is 18.2 Å². The summed E-state index contributed by atoms with van der Waals surface area (Å²) in [6.07, 6.45) is 0. The second-order valence-corrected chi connectivity index (χ2v) is 3.84. The molecule has 0 atom stereocenters. The molecule has 18 heavy (non-hydrogen) atoms. The minimum Gasteiger partial charge on any atom is -0.388 e. The van der Waals surface area contributed by atoms with E-state index in [0.29, 0.717) is 5.56 Å². The van der Waals surface area contributed by atoms with Crippen LogP contribution in [0.5, 0.6) is 0 Å². The van der Waals surface area contributed by atoms with Crippen LogP contribution in [-0.4, -0.2) is 33.2 Å². The van der Waals surface area contributed by atoms with Crippen molar-refractivity contribution in [2.24, 2.45) is 7.05 Å². The summed E-state index contributed by atoms with van der Waals surface area (Å²) in [5, 5.41) is 16.8. The minimum absolute atomic E-state index is 0.192. The Morgan fingerprint density at radius 2 is 2.17 bits per heavy atom. The van der Waals surface area contributed by atoms with E-state index in [1.54, 1.807) is 19.2 Å². The van der Waals surface area contributed by atoms with Gasteiger partial charge in [0.05, 0.1) is 7.05 Å². The van der Waals surface area contributed by atoms with E-state index in [2.05, 4.69) is 26.0 Å². The lowest BCUT2D eigenvalue weighted by molar-refractivity contribution is 0.102. The van der Waals surface area contributed by atoms with Crippen LogP contribution < -0.4 is 10.6 Å². The van der Waals surface area contributed by atoms with Gasteiger partial charge < -0.3 is 5.32 Å². The number of amides is 1. The standard InChI is InChI=1S/C11H14N6O/c1-7-6-8(4-5-9(7)12-2)10(18)13-11-14-16-17(3)15-11/h4-6,12H,1-3H3,(H,13,15,18). The third-order valence-electron chi connectivity index (χ3n) is 2.49. The quantitative estimate of drug-likeness (QED) is 0.837. The SMILES string of the molecule is CNc1ccc(C(=O)Nc2nnn(C)n2)cc1C. The van der Waals surface area contributed by atoms with Crippen LogP contribution in [0.3, 0.4) is 0 Å². The summed E-state index contributed by atoms with van der Waals surface area (Å²) < 4.78 is 0. The molecule has 0 spiro atoms. The number of hydrogen-bond acceptors (Lipinski definition) is 5. The monoisotopic (exact) mass is 246 g/mol. The van der Waals surface area contributed by atoms with Crippen LogP contribution >= 0.6 is 0 Å². The first-order valence-corrected chi connectivity index (χ1v) is 5.44. The molecule has 0 aliphatic rings. The molecule has 1 heterocycles. The second-order valence-electron chi connectivity index (χ2n) is 3.84. The van der Waals surface area contributed by atoms with Crippen molar-refractivity contribution in [2.45, 2.75) is 6.92 Å². The van der Waals surface area contributed by atoms with E-state index >= 15 is 0 Å². The van der Waals surface area contributed by atoms with Crippen LogP contribution in [-0.2, 0) is 7.05 Å². The molecule has 1 amide bonds. The predicted octanol–water partition coefficient (Wildman–Crippen LogP) is 0.813. The summed E-state index contributed by atoms with van der Waals surface area (Å²) in [5.41, 5.74) is 2.54. The molecule has 1 aromatic heterocycles. The number of carbonyl (C=O) groups is 1. The van der Waals surface area contributed by atoms with Crippen LogP contribution in [0.2, 0.25) is 0 Å². The van der Waals surface area contributed by atoms with E-state index in [1.807, 2.05) is 20.0 Å². The van der Waals surface area contributed by atoms with E-state index in [0.717, 1.165) is 11.3 Å². The number of nitrogens with one attached hydrogen (secondary N) is 2. The lowest BCUT2D eigenvalue weighted by Crippen LogP contribution is -2.13. The highest BCUT2D eigenvalue weighted by Gasteiger charge is 2.10. The van der Waals surface area contributed by atoms with E-state index in [4.69, 9.17) is 0 Å². The molecule has 0 aliphatic heterocycles. The highest BCUT2D eigenvalue weighted by molar-refractivity contribution is 6.03. The van der Waals surface area contributed by atoms with Crippen LogP contribution in [0.25, 0.3) is 0 Å². The summed E-state index contributed by atoms with van der Waals surface area (Å²) in [6, 6.07) is 5.40. The number of hydrogen-bond donors (Lipinski definition) is 2. The molecule has 0 unspecified atom stereocenters. The molecule has 0 fully saturated rings. The fourth-order valence-electron chi connectivity index (χ4n) is 1.59. The normalized spacial score (nSPS) is 10.2. The van der Waals surface area contributed by atoms with Crippen molar-refractivity contribution in [3.8, 4) is 0 Å². The van der Waals surface area contributed by atoms with Gasteiger partial charge in [-0.05, 0) is 35.9 Å². The van der Waals surface area contributed by atoms with Gasteiger partial charge in [0.25, 0.3) is 11.9 Å². The second kappa shape index (κ2) is 4.82. The number of anilines is 2. The van der Waals surface area contributed by atoms with Gasteiger partial charge in [-0.15, -0.1) is 5.10 Å². The zero-order valence-electron chi connectivity index (χ0n) is 10.4. The first-order chi connectivity index (χ1) is 8.60. The number of benzene rings is 1. The molecular weight excluding hydrogens is 232 g/mol. The van der Waals surface area contributed by atoms with Crippen molar-refractivity contribution in [1.82, 2.24) is 20.2 Å². The van der Waals surface area contributed by atoms with Crippen molar-refractivity contribution in [3.05, 3.63) is 29.3 Å². The summed E-state index contributed by atoms with van der Waals surface area (Å²) in [6.45, 7) is 1.93. The van der Waals surface area contributed by atoms with Gasteiger partial charge in [-0.2, -0.15) is 4.80 Å². The van der Waals surface area contributed by atoms with Crippen LogP contribution in [0, 0.1) is 6.92 Å². The number of tetrazole rings is 1. The zero-order chi connectivity index (χ0) is 13.1. The van der Waals surface area contributed by atoms with E-state index in [9.17, 15) is 4.79 Å². The molecule has 94 valence electrons. The van der Waals surface area contributed by atoms with Crippen molar-refractivity contribution in [1.29, 1.82) is 0 Å². The Balaban J connectivity index is 2.16. The number of nitrogens with zero attached hydrogens (tertiary/aromatic N) is 4. The maximum Gasteiger partial charge on any atom is 0.270 e. The molecule has 7 heteroatoms. The van der Waals surface area contributed by atoms with Crippen molar-refractivity contribution in [3.63, 3.8) is 0 Å². The number of rotatable bonds is 3. The van der Waals surface area contributed by atoms with E-state index in [-0.39, 0.29) is 11.9 Å². The Labute approximate surface area is 104 Å². The van der Waals surface area contributed by atoms with E-state index < -0.39 is 0 Å². The Hall–Kier alpha value is -2.44. The van der Waals surface area contributed by atoms with Gasteiger partial charge in [0.2, 0.25) is 0 Å². The summed E-state index contributed by atoms with van der Waals surface area (Å²) >= 11 is 0. The topological polar surface area (TPSA) is 84.7 Å². The third kappa shape index (κ3) is 2.45. The molecule has 2 aromatic rings. The van der Waals surface area contributed by atoms with Crippen LogP contribution in [0.1, 0.15) is 15.9 Å². The predicted molar refractivity (Wildman–Crippen MR) is 67.5 cm³/mol. The van der Waals surface area contributed by atoms with Gasteiger partial charge in [-0.25, -0.2) is 0 Å². The maximum absolute atomic E-state index is 11.9. The zero-order valence-corrected chi connectivity index (χ0v) is 10.4. The van der Waals surface area contributed by atoms with Crippen LogP contribution in [0.4, 0.5) is 11.6 Å². The highest BCUT2D eigenvalue weighted by Crippen LogP contribution is 2.16. The molecule has 0 radical (unpaired) electrons. The Morgan fingerprint density at radius 3 is 2.72 bits per heavy atom. The number of carbonyl (C=O) groups excluding carboxylic acids is 1. The smallest absolute Gasteiger partial charge is 0.270 e. The van der Waals surface area contributed by atoms with Gasteiger partial charge in [-0.3, -0.25) is 10.1 Å². The minimum atomic E-state index is -0.256. The molecule has 1 aromatic carbocycles. The first-order valence-electron chi connectivity index (χ1n) is 5.44. The molecule has 0 saturated heterocycles. The fourth-order valence-corrected chi connectivity index (χ4v) is 1.59. The summed E-state index contributed by atoms with van der Waals surface area (Å²) in [7, 11) is 3.47. The highest BCUT2D eigenvalue weighted by atomic mass is 16.1. The maximum atomic E-state index is 11.9. The Morgan fingerprint density at radius 1 is 1.39 bits per heavy atom. The van der Waals surface area contributed by atoms with Gasteiger partial charge in [0.15, 0.2) is 0 Å². The Bertz CT molecular complexity index is 577. The van der Waals surface area contributed by atoms with Crippen molar-refractivity contribution >= 4 is 17.5 Å². The average molecular weight is 246 g/mol. The van der Waals surface area contributed by atoms with E-state index in [1.165, 1.54) is 4.80 Å². The largest absolute Gasteiger partial charge is 0.388 e. The first kappa shape index (κ1) is 12.0. The lowest BCUT2D eigenvalue weighted by atomic mass is 10.1. The molecule has 0 aliphatic carbocycles. The lowest BCUT2D eigenvalue weighted by Gasteiger charge is -2.07. The fraction of sp³-hybridized carbons (Fsp3) is 0.273. The van der Waals surface area contributed by atoms with Gasteiger partial charge in [0.1, 0.15) is 0 Å². The summed E-state index contributed by atoms with van der Waals surface area (Å²) in [4.78, 5) is 13.2. The van der Waals surface area contributed by atoms with Gasteiger partial charge >= 0.3 is 0 Å². The van der Waals surface area contributed by atoms with Gasteiger partial charge in [0, 0.05) is 18.3 Å². The molecule has 2 rings (SSSR count).